The van der Waals surface area contributed by atoms with Crippen LogP contribution in [-0.2, 0) is 6.42 Å². The van der Waals surface area contributed by atoms with Gasteiger partial charge in [0.2, 0.25) is 0 Å². The van der Waals surface area contributed by atoms with E-state index in [1.165, 1.54) is 0 Å². The molecule has 0 saturated carbocycles. The molecule has 0 N–H and O–H groups in total. The molecule has 0 bridgehead atoms. The zero-order valence-electron chi connectivity index (χ0n) is 7.69. The van der Waals surface area contributed by atoms with Crippen LogP contribution < -0.4 is 0 Å². The van der Waals surface area contributed by atoms with Gasteiger partial charge in [-0.3, -0.25) is 4.79 Å². The van der Waals surface area contributed by atoms with Gasteiger partial charge < -0.3 is 4.42 Å². The van der Waals surface area contributed by atoms with Gasteiger partial charge in [-0.15, -0.1) is 0 Å². The number of ketones is 1. The van der Waals surface area contributed by atoms with E-state index in [0.29, 0.717) is 4.67 Å². The lowest BCUT2D eigenvalue weighted by molar-refractivity contribution is 0.0804. The van der Waals surface area contributed by atoms with Crippen LogP contribution in [-0.4, -0.2) is 5.78 Å². The first-order valence-electron chi connectivity index (χ1n) is 4.34. The summed E-state index contributed by atoms with van der Waals surface area (Å²) in [6.45, 7) is 3.97. The van der Waals surface area contributed by atoms with Crippen LogP contribution in [0.5, 0.6) is 0 Å². The molecule has 1 heterocycles. The molecule has 13 heavy (non-hydrogen) atoms. The van der Waals surface area contributed by atoms with Gasteiger partial charge in [0.1, 0.15) is 5.76 Å². The van der Waals surface area contributed by atoms with Crippen LogP contribution in [0.3, 0.4) is 0 Å². The van der Waals surface area contributed by atoms with Crippen molar-refractivity contribution in [3.05, 3.63) is 22.1 Å². The van der Waals surface area contributed by atoms with Crippen LogP contribution in [0.4, 0.5) is 0 Å². The van der Waals surface area contributed by atoms with Gasteiger partial charge in [-0.05, 0) is 22.4 Å². The molecule has 2 nitrogen and oxygen atoms in total. The Morgan fingerprint density at radius 3 is 2.92 bits per heavy atom. The van der Waals surface area contributed by atoms with Crippen LogP contribution in [0.1, 0.15) is 36.4 Å². The van der Waals surface area contributed by atoms with Gasteiger partial charge in [-0.1, -0.05) is 13.8 Å². The van der Waals surface area contributed by atoms with Crippen molar-refractivity contribution in [2.24, 2.45) is 5.41 Å². The second kappa shape index (κ2) is 2.71. The monoisotopic (exact) mass is 242 g/mol. The number of aryl methyl sites for hydroxylation is 1. The predicted molar refractivity (Wildman–Crippen MR) is 52.8 cm³/mol. The first kappa shape index (κ1) is 9.00. The predicted octanol–water partition coefficient (Wildman–Crippen LogP) is 3.20. The fourth-order valence-corrected chi connectivity index (χ4v) is 2.10. The highest BCUT2D eigenvalue weighted by atomic mass is 79.9. The zero-order chi connectivity index (χ0) is 9.64. The van der Waals surface area contributed by atoms with E-state index in [9.17, 15) is 4.79 Å². The molecule has 0 aliphatic heterocycles. The highest BCUT2D eigenvalue weighted by Crippen LogP contribution is 2.37. The minimum Gasteiger partial charge on any atom is -0.454 e. The smallest absolute Gasteiger partial charge is 0.172 e. The van der Waals surface area contributed by atoms with Gasteiger partial charge in [0.25, 0.3) is 0 Å². The van der Waals surface area contributed by atoms with Crippen molar-refractivity contribution in [3.8, 4) is 0 Å². The number of halogens is 1. The third kappa shape index (κ3) is 1.35. The van der Waals surface area contributed by atoms with Crippen molar-refractivity contribution >= 4 is 21.7 Å². The summed E-state index contributed by atoms with van der Waals surface area (Å²) in [7, 11) is 0. The first-order valence-corrected chi connectivity index (χ1v) is 5.13. The summed E-state index contributed by atoms with van der Waals surface area (Å²) in [5.74, 6) is 1.03. The molecule has 2 rings (SSSR count). The Balaban J connectivity index is 2.51. The quantitative estimate of drug-likeness (QED) is 0.700. The Morgan fingerprint density at radius 1 is 1.54 bits per heavy atom. The van der Waals surface area contributed by atoms with E-state index in [1.54, 1.807) is 6.07 Å². The maximum Gasteiger partial charge on any atom is 0.172 e. The molecule has 1 aromatic heterocycles. The van der Waals surface area contributed by atoms with Gasteiger partial charge in [0, 0.05) is 17.9 Å². The maximum absolute atomic E-state index is 11.9. The van der Waals surface area contributed by atoms with E-state index in [-0.39, 0.29) is 11.2 Å². The van der Waals surface area contributed by atoms with Crippen molar-refractivity contribution in [2.45, 2.75) is 26.7 Å². The molecule has 1 aliphatic carbocycles. The Morgan fingerprint density at radius 2 is 2.23 bits per heavy atom. The third-order valence-corrected chi connectivity index (χ3v) is 3.01. The average Bonchev–Trinajstić information content (AvgIpc) is 2.40. The highest BCUT2D eigenvalue weighted by molar-refractivity contribution is 9.10. The number of furan rings is 1. The molecule has 0 atom stereocenters. The standard InChI is InChI=1S/C10H11BrO2/c1-10(2)4-3-7-6(9(10)12)5-8(11)13-7/h5H,3-4H2,1-2H3. The van der Waals surface area contributed by atoms with Crippen LogP contribution in [0.25, 0.3) is 0 Å². The number of fused-ring (bicyclic) bond motifs is 1. The summed E-state index contributed by atoms with van der Waals surface area (Å²) in [6, 6.07) is 1.78. The van der Waals surface area contributed by atoms with Gasteiger partial charge in [-0.25, -0.2) is 0 Å². The average molecular weight is 243 g/mol. The topological polar surface area (TPSA) is 30.2 Å². The lowest BCUT2D eigenvalue weighted by Gasteiger charge is -2.26. The van der Waals surface area contributed by atoms with Crippen LogP contribution in [0.15, 0.2) is 15.2 Å². The van der Waals surface area contributed by atoms with E-state index in [1.807, 2.05) is 13.8 Å². The van der Waals surface area contributed by atoms with Crippen LogP contribution in [0.2, 0.25) is 0 Å². The number of carbonyl (C=O) groups excluding carboxylic acids is 1. The molecule has 70 valence electrons. The number of rotatable bonds is 0. The first-order chi connectivity index (χ1) is 6.00. The van der Waals surface area contributed by atoms with Gasteiger partial charge in [0.05, 0.1) is 5.56 Å². The Bertz CT molecular complexity index is 363. The molecule has 3 heteroatoms. The number of Topliss-reactive ketones (excluding diaryl/α,β-unsaturated/α-hetero) is 1. The molecule has 0 spiro atoms. The second-order valence-corrected chi connectivity index (χ2v) is 4.88. The molecule has 0 fully saturated rings. The third-order valence-electron chi connectivity index (χ3n) is 2.62. The number of carbonyl (C=O) groups is 1. The molecule has 0 unspecified atom stereocenters. The Kier molecular flexibility index (Phi) is 1.88. The van der Waals surface area contributed by atoms with E-state index < -0.39 is 0 Å². The molecule has 0 amide bonds. The summed E-state index contributed by atoms with van der Waals surface area (Å²) in [5.41, 5.74) is 0.527. The van der Waals surface area contributed by atoms with Gasteiger partial charge in [0.15, 0.2) is 10.5 Å². The molecule has 0 radical (unpaired) electrons. The van der Waals surface area contributed by atoms with E-state index in [0.717, 1.165) is 24.2 Å². The number of hydrogen-bond acceptors (Lipinski definition) is 2. The summed E-state index contributed by atoms with van der Waals surface area (Å²) in [5, 5.41) is 0. The fourth-order valence-electron chi connectivity index (χ4n) is 1.68. The highest BCUT2D eigenvalue weighted by Gasteiger charge is 2.36. The summed E-state index contributed by atoms with van der Waals surface area (Å²) in [4.78, 5) is 11.9. The fraction of sp³-hybridized carbons (Fsp3) is 0.500. The Hall–Kier alpha value is -0.570. The van der Waals surface area contributed by atoms with Crippen molar-refractivity contribution in [2.75, 3.05) is 0 Å². The molecule has 1 aromatic rings. The van der Waals surface area contributed by atoms with Crippen LogP contribution >= 0.6 is 15.9 Å². The van der Waals surface area contributed by atoms with Crippen molar-refractivity contribution in [3.63, 3.8) is 0 Å². The summed E-state index contributed by atoms with van der Waals surface area (Å²) in [6.07, 6.45) is 1.73. The van der Waals surface area contributed by atoms with Gasteiger partial charge in [-0.2, -0.15) is 0 Å². The Labute approximate surface area is 85.4 Å². The maximum atomic E-state index is 11.9. The summed E-state index contributed by atoms with van der Waals surface area (Å²) < 4.78 is 6.02. The van der Waals surface area contributed by atoms with Gasteiger partial charge >= 0.3 is 0 Å². The van der Waals surface area contributed by atoms with E-state index in [2.05, 4.69) is 15.9 Å². The van der Waals surface area contributed by atoms with Crippen LogP contribution in [0, 0.1) is 5.41 Å². The molecular formula is C10H11BrO2. The van der Waals surface area contributed by atoms with Crippen molar-refractivity contribution in [1.29, 1.82) is 0 Å². The molecule has 0 aromatic carbocycles. The lowest BCUT2D eigenvalue weighted by Crippen LogP contribution is -2.29. The van der Waals surface area contributed by atoms with E-state index >= 15 is 0 Å². The largest absolute Gasteiger partial charge is 0.454 e. The van der Waals surface area contributed by atoms with Crippen molar-refractivity contribution in [1.82, 2.24) is 0 Å². The molecule has 1 aliphatic rings. The minimum absolute atomic E-state index is 0.197. The second-order valence-electron chi connectivity index (χ2n) is 4.10. The number of hydrogen-bond donors (Lipinski definition) is 0. The molecular weight excluding hydrogens is 232 g/mol. The lowest BCUT2D eigenvalue weighted by atomic mass is 9.76. The molecule has 0 saturated heterocycles. The minimum atomic E-state index is -0.226. The normalized spacial score (nSPS) is 20.1. The van der Waals surface area contributed by atoms with Crippen molar-refractivity contribution < 1.29 is 9.21 Å². The SMILES string of the molecule is CC1(C)CCc2oc(Br)cc2C1=O. The zero-order valence-corrected chi connectivity index (χ0v) is 9.27. The van der Waals surface area contributed by atoms with E-state index in [4.69, 9.17) is 4.42 Å². The summed E-state index contributed by atoms with van der Waals surface area (Å²) >= 11 is 3.24.